The maximum Gasteiger partial charge on any atom is 0.227 e. The molecule has 1 aromatic rings. The molecule has 1 heterocycles. The number of nitrogens with zero attached hydrogens (tertiary/aromatic N) is 1. The number of amides is 1. The topological polar surface area (TPSA) is 64.8 Å². The monoisotopic (exact) mass is 304 g/mol. The molecule has 1 fully saturated rings. The van der Waals surface area contributed by atoms with E-state index in [4.69, 9.17) is 15.2 Å². The van der Waals surface area contributed by atoms with Gasteiger partial charge in [-0.2, -0.15) is 0 Å². The van der Waals surface area contributed by atoms with Crippen LogP contribution in [0.4, 0.5) is 0 Å². The SMILES string of the molecule is CCN(CC1COc2ccccc2O1)C(=O)C1CCCC1N. The van der Waals surface area contributed by atoms with Gasteiger partial charge in [0, 0.05) is 12.6 Å². The van der Waals surface area contributed by atoms with Crippen LogP contribution in [0.15, 0.2) is 24.3 Å². The highest BCUT2D eigenvalue weighted by molar-refractivity contribution is 5.80. The summed E-state index contributed by atoms with van der Waals surface area (Å²) in [4.78, 5) is 14.5. The first kappa shape index (κ1) is 15.2. The van der Waals surface area contributed by atoms with Gasteiger partial charge in [-0.3, -0.25) is 4.79 Å². The maximum absolute atomic E-state index is 12.7. The molecule has 1 aliphatic heterocycles. The van der Waals surface area contributed by atoms with Crippen LogP contribution >= 0.6 is 0 Å². The fourth-order valence-corrected chi connectivity index (χ4v) is 3.30. The number of para-hydroxylation sites is 2. The van der Waals surface area contributed by atoms with E-state index in [9.17, 15) is 4.79 Å². The van der Waals surface area contributed by atoms with E-state index in [0.717, 1.165) is 30.8 Å². The number of fused-ring (bicyclic) bond motifs is 1. The van der Waals surface area contributed by atoms with Crippen molar-refractivity contribution < 1.29 is 14.3 Å². The molecule has 0 spiro atoms. The minimum Gasteiger partial charge on any atom is -0.486 e. The van der Waals surface area contributed by atoms with Gasteiger partial charge in [-0.05, 0) is 31.9 Å². The molecule has 22 heavy (non-hydrogen) atoms. The summed E-state index contributed by atoms with van der Waals surface area (Å²) in [5.41, 5.74) is 6.07. The van der Waals surface area contributed by atoms with Crippen LogP contribution in [-0.4, -0.2) is 42.6 Å². The summed E-state index contributed by atoms with van der Waals surface area (Å²) in [6, 6.07) is 7.64. The first-order chi connectivity index (χ1) is 10.7. The van der Waals surface area contributed by atoms with Gasteiger partial charge in [0.1, 0.15) is 6.61 Å². The molecule has 0 saturated heterocycles. The predicted molar refractivity (Wildman–Crippen MR) is 83.9 cm³/mol. The van der Waals surface area contributed by atoms with Crippen LogP contribution in [0.3, 0.4) is 0 Å². The largest absolute Gasteiger partial charge is 0.486 e. The number of nitrogens with two attached hydrogens (primary N) is 1. The molecule has 2 aliphatic rings. The Balaban J connectivity index is 1.63. The molecular formula is C17H24N2O3. The molecular weight excluding hydrogens is 280 g/mol. The number of rotatable bonds is 4. The van der Waals surface area contributed by atoms with Crippen molar-refractivity contribution in [3.63, 3.8) is 0 Å². The van der Waals surface area contributed by atoms with Crippen molar-refractivity contribution in [1.29, 1.82) is 0 Å². The number of ether oxygens (including phenoxy) is 2. The molecule has 5 heteroatoms. The summed E-state index contributed by atoms with van der Waals surface area (Å²) in [6.07, 6.45) is 2.77. The van der Waals surface area contributed by atoms with Gasteiger partial charge in [0.25, 0.3) is 0 Å². The van der Waals surface area contributed by atoms with Crippen LogP contribution in [0.25, 0.3) is 0 Å². The molecule has 120 valence electrons. The fraction of sp³-hybridized carbons (Fsp3) is 0.588. The van der Waals surface area contributed by atoms with Crippen molar-refractivity contribution in [3.8, 4) is 11.5 Å². The highest BCUT2D eigenvalue weighted by Crippen LogP contribution is 2.31. The summed E-state index contributed by atoms with van der Waals surface area (Å²) < 4.78 is 11.7. The van der Waals surface area contributed by atoms with Gasteiger partial charge in [-0.1, -0.05) is 18.6 Å². The van der Waals surface area contributed by atoms with E-state index in [1.807, 2.05) is 36.1 Å². The van der Waals surface area contributed by atoms with Gasteiger partial charge < -0.3 is 20.1 Å². The summed E-state index contributed by atoms with van der Waals surface area (Å²) in [7, 11) is 0. The summed E-state index contributed by atoms with van der Waals surface area (Å²) in [5, 5.41) is 0. The third-order valence-electron chi connectivity index (χ3n) is 4.57. The summed E-state index contributed by atoms with van der Waals surface area (Å²) in [5.74, 6) is 1.65. The second-order valence-corrected chi connectivity index (χ2v) is 6.08. The molecule has 3 atom stereocenters. The van der Waals surface area contributed by atoms with E-state index in [2.05, 4.69) is 0 Å². The molecule has 0 bridgehead atoms. The lowest BCUT2D eigenvalue weighted by Crippen LogP contribution is -2.47. The van der Waals surface area contributed by atoms with Crippen LogP contribution in [-0.2, 0) is 4.79 Å². The normalized spacial score (nSPS) is 26.7. The van der Waals surface area contributed by atoms with Gasteiger partial charge in [-0.15, -0.1) is 0 Å². The molecule has 0 aromatic heterocycles. The first-order valence-electron chi connectivity index (χ1n) is 8.12. The van der Waals surface area contributed by atoms with Crippen molar-refractivity contribution in [2.75, 3.05) is 19.7 Å². The Hall–Kier alpha value is -1.75. The van der Waals surface area contributed by atoms with E-state index in [1.165, 1.54) is 0 Å². The van der Waals surface area contributed by atoms with Crippen molar-refractivity contribution in [2.24, 2.45) is 11.7 Å². The van der Waals surface area contributed by atoms with Gasteiger partial charge in [-0.25, -0.2) is 0 Å². The highest BCUT2D eigenvalue weighted by atomic mass is 16.6. The van der Waals surface area contributed by atoms with Crippen molar-refractivity contribution in [1.82, 2.24) is 4.90 Å². The van der Waals surface area contributed by atoms with Crippen LogP contribution in [0.1, 0.15) is 26.2 Å². The zero-order chi connectivity index (χ0) is 15.5. The van der Waals surface area contributed by atoms with E-state index in [1.54, 1.807) is 0 Å². The lowest BCUT2D eigenvalue weighted by Gasteiger charge is -2.32. The molecule has 3 unspecified atom stereocenters. The number of benzene rings is 1. The number of carbonyl (C=O) groups excluding carboxylic acids is 1. The van der Waals surface area contributed by atoms with E-state index >= 15 is 0 Å². The fourth-order valence-electron chi connectivity index (χ4n) is 3.30. The minimum absolute atomic E-state index is 0.00537. The molecule has 2 N–H and O–H groups in total. The maximum atomic E-state index is 12.7. The highest BCUT2D eigenvalue weighted by Gasteiger charge is 2.34. The Morgan fingerprint density at radius 1 is 1.32 bits per heavy atom. The Morgan fingerprint density at radius 3 is 2.77 bits per heavy atom. The van der Waals surface area contributed by atoms with Crippen molar-refractivity contribution in [2.45, 2.75) is 38.3 Å². The van der Waals surface area contributed by atoms with Crippen molar-refractivity contribution >= 4 is 5.91 Å². The van der Waals surface area contributed by atoms with Crippen LogP contribution in [0.2, 0.25) is 0 Å². The molecule has 1 aliphatic carbocycles. The second kappa shape index (κ2) is 6.57. The zero-order valence-corrected chi connectivity index (χ0v) is 13.0. The third kappa shape index (κ3) is 3.04. The second-order valence-electron chi connectivity index (χ2n) is 6.08. The average Bonchev–Trinajstić information content (AvgIpc) is 2.98. The van der Waals surface area contributed by atoms with Gasteiger partial charge >= 0.3 is 0 Å². The molecule has 3 rings (SSSR count). The van der Waals surface area contributed by atoms with Gasteiger partial charge in [0.15, 0.2) is 17.6 Å². The van der Waals surface area contributed by atoms with E-state index in [-0.39, 0.29) is 24.0 Å². The van der Waals surface area contributed by atoms with Crippen LogP contribution in [0, 0.1) is 5.92 Å². The molecule has 1 amide bonds. The Bertz CT molecular complexity index is 534. The number of likely N-dealkylation sites (N-methyl/N-ethyl adjacent to an activating group) is 1. The Kier molecular flexibility index (Phi) is 4.52. The minimum atomic E-state index is -0.128. The quantitative estimate of drug-likeness (QED) is 0.921. The standard InChI is InChI=1S/C17H24N2O3/c1-2-19(17(20)13-6-5-7-14(13)18)10-12-11-21-15-8-3-4-9-16(15)22-12/h3-4,8-9,12-14H,2,5-7,10-11,18H2,1H3. The first-order valence-corrected chi connectivity index (χ1v) is 8.12. The van der Waals surface area contributed by atoms with E-state index < -0.39 is 0 Å². The van der Waals surface area contributed by atoms with Gasteiger partial charge in [0.2, 0.25) is 5.91 Å². The summed E-state index contributed by atoms with van der Waals surface area (Å²) >= 11 is 0. The summed E-state index contributed by atoms with van der Waals surface area (Å²) in [6.45, 7) is 3.68. The van der Waals surface area contributed by atoms with E-state index in [0.29, 0.717) is 19.7 Å². The zero-order valence-electron chi connectivity index (χ0n) is 13.0. The lowest BCUT2D eigenvalue weighted by molar-refractivity contribution is -0.137. The molecule has 1 saturated carbocycles. The molecule has 5 nitrogen and oxygen atoms in total. The lowest BCUT2D eigenvalue weighted by atomic mass is 10.0. The molecule has 0 radical (unpaired) electrons. The van der Waals surface area contributed by atoms with Crippen LogP contribution in [0.5, 0.6) is 11.5 Å². The van der Waals surface area contributed by atoms with Crippen molar-refractivity contribution in [3.05, 3.63) is 24.3 Å². The number of carbonyl (C=O) groups is 1. The van der Waals surface area contributed by atoms with Gasteiger partial charge in [0.05, 0.1) is 12.5 Å². The third-order valence-corrected chi connectivity index (χ3v) is 4.57. The average molecular weight is 304 g/mol. The predicted octanol–water partition coefficient (Wildman–Crippen LogP) is 1.80. The number of hydrogen-bond donors (Lipinski definition) is 1. The Morgan fingerprint density at radius 2 is 2.09 bits per heavy atom. The molecule has 1 aromatic carbocycles. The Labute approximate surface area is 131 Å². The number of hydrogen-bond acceptors (Lipinski definition) is 4. The smallest absolute Gasteiger partial charge is 0.227 e. The van der Waals surface area contributed by atoms with Crippen LogP contribution < -0.4 is 15.2 Å².